The molecule has 114 valence electrons. The van der Waals surface area contributed by atoms with E-state index in [4.69, 9.17) is 5.10 Å². The summed E-state index contributed by atoms with van der Waals surface area (Å²) in [4.78, 5) is 0. The van der Waals surface area contributed by atoms with Crippen LogP contribution in [-0.4, -0.2) is 22.4 Å². The van der Waals surface area contributed by atoms with Crippen LogP contribution in [0.25, 0.3) is 0 Å². The Hall–Kier alpha value is -0.830. The molecule has 2 rings (SSSR count). The van der Waals surface area contributed by atoms with Crippen molar-refractivity contribution >= 4 is 0 Å². The summed E-state index contributed by atoms with van der Waals surface area (Å²) < 4.78 is 2.13. The van der Waals surface area contributed by atoms with E-state index in [0.717, 1.165) is 24.8 Å². The molecular formula is C17H31N3. The van der Waals surface area contributed by atoms with E-state index in [-0.39, 0.29) is 0 Å². The highest BCUT2D eigenvalue weighted by Gasteiger charge is 2.22. The fourth-order valence-corrected chi connectivity index (χ4v) is 3.22. The molecule has 3 unspecified atom stereocenters. The Labute approximate surface area is 124 Å². The normalized spacial score (nSPS) is 24.8. The third-order valence-electron chi connectivity index (χ3n) is 4.67. The Morgan fingerprint density at radius 1 is 1.40 bits per heavy atom. The molecule has 3 nitrogen and oxygen atoms in total. The molecule has 1 heterocycles. The first-order chi connectivity index (χ1) is 9.72. The first kappa shape index (κ1) is 15.6. The van der Waals surface area contributed by atoms with Gasteiger partial charge >= 0.3 is 0 Å². The molecule has 1 aliphatic carbocycles. The van der Waals surface area contributed by atoms with Crippen LogP contribution < -0.4 is 5.32 Å². The van der Waals surface area contributed by atoms with E-state index in [1.807, 2.05) is 0 Å². The highest BCUT2D eigenvalue weighted by molar-refractivity contribution is 5.02. The highest BCUT2D eigenvalue weighted by atomic mass is 15.3. The minimum absolute atomic E-state index is 0.522. The van der Waals surface area contributed by atoms with Gasteiger partial charge in [-0.25, -0.2) is 0 Å². The SMILES string of the molecule is CCCNC1CCCC(Cc2ccn(C(C)CC)n2)C1. The van der Waals surface area contributed by atoms with Crippen molar-refractivity contribution in [3.8, 4) is 0 Å². The Morgan fingerprint density at radius 2 is 2.25 bits per heavy atom. The Bertz CT molecular complexity index is 385. The van der Waals surface area contributed by atoms with Crippen LogP contribution in [0.4, 0.5) is 0 Å². The van der Waals surface area contributed by atoms with Gasteiger partial charge in [0, 0.05) is 18.3 Å². The lowest BCUT2D eigenvalue weighted by Gasteiger charge is -2.29. The zero-order chi connectivity index (χ0) is 14.4. The quantitative estimate of drug-likeness (QED) is 0.817. The topological polar surface area (TPSA) is 29.9 Å². The second kappa shape index (κ2) is 7.82. The van der Waals surface area contributed by atoms with Gasteiger partial charge in [0.2, 0.25) is 0 Å². The van der Waals surface area contributed by atoms with Crippen LogP contribution in [0.5, 0.6) is 0 Å². The van der Waals surface area contributed by atoms with Gasteiger partial charge < -0.3 is 5.32 Å². The van der Waals surface area contributed by atoms with Crippen molar-refractivity contribution in [2.75, 3.05) is 6.54 Å². The molecule has 0 saturated heterocycles. The number of rotatable bonds is 7. The number of nitrogens with zero attached hydrogens (tertiary/aromatic N) is 2. The average Bonchev–Trinajstić information content (AvgIpc) is 2.93. The van der Waals surface area contributed by atoms with E-state index in [9.17, 15) is 0 Å². The van der Waals surface area contributed by atoms with E-state index in [2.05, 4.69) is 43.0 Å². The Morgan fingerprint density at radius 3 is 3.00 bits per heavy atom. The van der Waals surface area contributed by atoms with Crippen molar-refractivity contribution in [2.24, 2.45) is 5.92 Å². The number of nitrogens with one attached hydrogen (secondary N) is 1. The van der Waals surface area contributed by atoms with Gasteiger partial charge in [-0.05, 0) is 64.0 Å². The molecule has 1 aliphatic rings. The minimum Gasteiger partial charge on any atom is -0.314 e. The van der Waals surface area contributed by atoms with Gasteiger partial charge in [0.1, 0.15) is 0 Å². The molecule has 20 heavy (non-hydrogen) atoms. The van der Waals surface area contributed by atoms with Crippen LogP contribution in [0, 0.1) is 5.92 Å². The fraction of sp³-hybridized carbons (Fsp3) is 0.824. The molecule has 0 amide bonds. The van der Waals surface area contributed by atoms with Crippen molar-refractivity contribution in [1.82, 2.24) is 15.1 Å². The molecule has 0 bridgehead atoms. The zero-order valence-electron chi connectivity index (χ0n) is 13.4. The van der Waals surface area contributed by atoms with Crippen molar-refractivity contribution in [3.63, 3.8) is 0 Å². The molecule has 0 aromatic carbocycles. The number of aromatic nitrogens is 2. The van der Waals surface area contributed by atoms with Crippen LogP contribution in [0.2, 0.25) is 0 Å². The van der Waals surface area contributed by atoms with Gasteiger partial charge in [0.05, 0.1) is 5.69 Å². The molecule has 0 aliphatic heterocycles. The summed E-state index contributed by atoms with van der Waals surface area (Å²) in [6, 6.07) is 3.48. The van der Waals surface area contributed by atoms with Crippen LogP contribution >= 0.6 is 0 Å². The van der Waals surface area contributed by atoms with Gasteiger partial charge in [-0.3, -0.25) is 4.68 Å². The molecule has 1 fully saturated rings. The lowest BCUT2D eigenvalue weighted by molar-refractivity contribution is 0.282. The van der Waals surface area contributed by atoms with E-state index in [1.165, 1.54) is 44.3 Å². The Kier molecular flexibility index (Phi) is 6.08. The highest BCUT2D eigenvalue weighted by Crippen LogP contribution is 2.27. The summed E-state index contributed by atoms with van der Waals surface area (Å²) in [7, 11) is 0. The number of hydrogen-bond acceptors (Lipinski definition) is 2. The lowest BCUT2D eigenvalue weighted by Crippen LogP contribution is -2.35. The summed E-state index contributed by atoms with van der Waals surface area (Å²) in [5, 5.41) is 8.45. The third kappa shape index (κ3) is 4.34. The summed E-state index contributed by atoms with van der Waals surface area (Å²) in [6.45, 7) is 7.87. The van der Waals surface area contributed by atoms with E-state index in [1.54, 1.807) is 0 Å². The maximum Gasteiger partial charge on any atom is 0.0627 e. The van der Waals surface area contributed by atoms with Gasteiger partial charge in [0.15, 0.2) is 0 Å². The molecule has 0 spiro atoms. The molecule has 3 atom stereocenters. The van der Waals surface area contributed by atoms with Crippen LogP contribution in [0.15, 0.2) is 12.3 Å². The van der Waals surface area contributed by atoms with E-state index < -0.39 is 0 Å². The van der Waals surface area contributed by atoms with Crippen LogP contribution in [-0.2, 0) is 6.42 Å². The molecule has 1 aromatic rings. The third-order valence-corrected chi connectivity index (χ3v) is 4.67. The summed E-state index contributed by atoms with van der Waals surface area (Å²) >= 11 is 0. The van der Waals surface area contributed by atoms with E-state index in [0.29, 0.717) is 6.04 Å². The monoisotopic (exact) mass is 277 g/mol. The second-order valence-corrected chi connectivity index (χ2v) is 6.43. The largest absolute Gasteiger partial charge is 0.314 e. The predicted octanol–water partition coefficient (Wildman–Crippen LogP) is 3.96. The van der Waals surface area contributed by atoms with Crippen LogP contribution in [0.3, 0.4) is 0 Å². The van der Waals surface area contributed by atoms with Crippen LogP contribution in [0.1, 0.15) is 71.0 Å². The van der Waals surface area contributed by atoms with Crippen molar-refractivity contribution in [3.05, 3.63) is 18.0 Å². The lowest BCUT2D eigenvalue weighted by atomic mass is 9.83. The average molecular weight is 277 g/mol. The fourth-order valence-electron chi connectivity index (χ4n) is 3.22. The molecular weight excluding hydrogens is 246 g/mol. The second-order valence-electron chi connectivity index (χ2n) is 6.43. The molecule has 1 aromatic heterocycles. The zero-order valence-corrected chi connectivity index (χ0v) is 13.4. The van der Waals surface area contributed by atoms with Gasteiger partial charge in [-0.15, -0.1) is 0 Å². The standard InChI is InChI=1S/C17H31N3/c1-4-10-18-16-8-6-7-15(12-16)13-17-9-11-20(19-17)14(3)5-2/h9,11,14-16,18H,4-8,10,12-13H2,1-3H3. The Balaban J connectivity index is 1.84. The minimum atomic E-state index is 0.522. The summed E-state index contributed by atoms with van der Waals surface area (Å²) in [6.07, 6.45) is 11.1. The number of hydrogen-bond donors (Lipinski definition) is 1. The van der Waals surface area contributed by atoms with Crippen molar-refractivity contribution in [1.29, 1.82) is 0 Å². The summed E-state index contributed by atoms with van der Waals surface area (Å²) in [5.74, 6) is 0.818. The molecule has 1 saturated carbocycles. The molecule has 0 radical (unpaired) electrons. The van der Waals surface area contributed by atoms with Gasteiger partial charge in [0.25, 0.3) is 0 Å². The first-order valence-corrected chi connectivity index (χ1v) is 8.50. The maximum absolute atomic E-state index is 4.76. The maximum atomic E-state index is 4.76. The van der Waals surface area contributed by atoms with Crippen molar-refractivity contribution < 1.29 is 0 Å². The molecule has 1 N–H and O–H groups in total. The van der Waals surface area contributed by atoms with Crippen molar-refractivity contribution in [2.45, 2.75) is 77.8 Å². The smallest absolute Gasteiger partial charge is 0.0627 e. The van der Waals surface area contributed by atoms with E-state index >= 15 is 0 Å². The first-order valence-electron chi connectivity index (χ1n) is 8.50. The summed E-state index contributed by atoms with van der Waals surface area (Å²) in [5.41, 5.74) is 1.28. The van der Waals surface area contributed by atoms with Gasteiger partial charge in [-0.2, -0.15) is 5.10 Å². The predicted molar refractivity (Wildman–Crippen MR) is 85.0 cm³/mol. The molecule has 3 heteroatoms. The van der Waals surface area contributed by atoms with Gasteiger partial charge in [-0.1, -0.05) is 20.3 Å².